The maximum absolute atomic E-state index is 12.2. The quantitative estimate of drug-likeness (QED) is 0.501. The normalized spacial score (nSPS) is 11.0. The van der Waals surface area contributed by atoms with E-state index in [-0.39, 0.29) is 5.91 Å². The van der Waals surface area contributed by atoms with Crippen molar-refractivity contribution >= 4 is 33.8 Å². The van der Waals surface area contributed by atoms with E-state index in [1.165, 1.54) is 0 Å². The molecule has 27 heavy (non-hydrogen) atoms. The molecule has 4 nitrogen and oxygen atoms in total. The number of carbonyl (C=O) groups excluding carboxylic acids is 1. The Balaban J connectivity index is 1.39. The fourth-order valence-electron chi connectivity index (χ4n) is 2.92. The van der Waals surface area contributed by atoms with E-state index in [9.17, 15) is 4.79 Å². The Bertz CT molecular complexity index is 1070. The number of halogens is 1. The molecule has 4 aromatic rings. The summed E-state index contributed by atoms with van der Waals surface area (Å²) in [5, 5.41) is 5.67. The number of hydrogen-bond acceptors (Lipinski definition) is 3. The third-order valence-electron chi connectivity index (χ3n) is 4.39. The number of nitrogens with one attached hydrogen (secondary N) is 1. The first kappa shape index (κ1) is 17.8. The summed E-state index contributed by atoms with van der Waals surface area (Å²) in [5.41, 5.74) is 4.06. The highest BCUT2D eigenvalue weighted by Gasteiger charge is 2.11. The molecule has 136 valence electrons. The van der Waals surface area contributed by atoms with Gasteiger partial charge < -0.3 is 5.32 Å². The van der Waals surface area contributed by atoms with Crippen molar-refractivity contribution in [2.24, 2.45) is 0 Å². The first-order valence-electron chi connectivity index (χ1n) is 8.72. The van der Waals surface area contributed by atoms with Crippen LogP contribution in [0.3, 0.4) is 0 Å². The third-order valence-corrected chi connectivity index (χ3v) is 5.65. The van der Waals surface area contributed by atoms with Crippen molar-refractivity contribution in [2.45, 2.75) is 19.4 Å². The van der Waals surface area contributed by atoms with E-state index in [2.05, 4.69) is 20.1 Å². The number of thiazole rings is 1. The lowest BCUT2D eigenvalue weighted by atomic mass is 10.2. The fourth-order valence-corrected chi connectivity index (χ4v) is 4.03. The highest BCUT2D eigenvalue weighted by molar-refractivity contribution is 7.15. The second kappa shape index (κ2) is 7.94. The van der Waals surface area contributed by atoms with Crippen molar-refractivity contribution in [3.05, 3.63) is 82.5 Å². The summed E-state index contributed by atoms with van der Waals surface area (Å²) >= 11 is 7.72. The van der Waals surface area contributed by atoms with Crippen molar-refractivity contribution in [3.8, 4) is 11.3 Å². The van der Waals surface area contributed by atoms with Gasteiger partial charge in [0.25, 0.3) is 0 Å². The van der Waals surface area contributed by atoms with Crippen LogP contribution in [0.2, 0.25) is 5.02 Å². The molecular formula is C21H18ClN3OS. The van der Waals surface area contributed by atoms with Crippen LogP contribution in [-0.2, 0) is 17.8 Å². The molecule has 4 rings (SSSR count). The Kier molecular flexibility index (Phi) is 5.23. The average Bonchev–Trinajstić information content (AvgIpc) is 3.27. The zero-order chi connectivity index (χ0) is 18.6. The number of imidazole rings is 1. The van der Waals surface area contributed by atoms with Gasteiger partial charge in [0.05, 0.1) is 5.69 Å². The summed E-state index contributed by atoms with van der Waals surface area (Å²) < 4.78 is 2.08. The number of hydrogen-bond donors (Lipinski definition) is 1. The van der Waals surface area contributed by atoms with Crippen LogP contribution in [0.1, 0.15) is 17.7 Å². The molecule has 2 aromatic carbocycles. The van der Waals surface area contributed by atoms with Gasteiger partial charge in [-0.25, -0.2) is 4.98 Å². The molecule has 0 saturated heterocycles. The van der Waals surface area contributed by atoms with Crippen LogP contribution in [-0.4, -0.2) is 15.3 Å². The topological polar surface area (TPSA) is 46.4 Å². The lowest BCUT2D eigenvalue weighted by Crippen LogP contribution is -2.23. The lowest BCUT2D eigenvalue weighted by molar-refractivity contribution is -0.121. The standard InChI is InChI=1S/C21H18ClN3OS/c22-18-9-5-4-8-16(18)12-23-20(26)11-10-17-14-27-21-24-19(13-25(17)21)15-6-2-1-3-7-15/h1-9,13-14H,10-12H2,(H,23,26). The average molecular weight is 396 g/mol. The van der Waals surface area contributed by atoms with Gasteiger partial charge in [-0.15, -0.1) is 11.3 Å². The number of aromatic nitrogens is 2. The third kappa shape index (κ3) is 4.04. The molecule has 0 fully saturated rings. The highest BCUT2D eigenvalue weighted by Crippen LogP contribution is 2.24. The van der Waals surface area contributed by atoms with Crippen LogP contribution in [0.5, 0.6) is 0 Å². The van der Waals surface area contributed by atoms with Crippen molar-refractivity contribution in [1.82, 2.24) is 14.7 Å². The number of fused-ring (bicyclic) bond motifs is 1. The van der Waals surface area contributed by atoms with Gasteiger partial charge in [-0.1, -0.05) is 60.1 Å². The molecule has 0 spiro atoms. The number of rotatable bonds is 6. The minimum absolute atomic E-state index is 0.0117. The summed E-state index contributed by atoms with van der Waals surface area (Å²) in [6, 6.07) is 17.6. The van der Waals surface area contributed by atoms with Crippen LogP contribution in [0.25, 0.3) is 16.2 Å². The molecule has 0 aliphatic rings. The minimum atomic E-state index is 0.0117. The molecule has 0 bridgehead atoms. The summed E-state index contributed by atoms with van der Waals surface area (Å²) in [7, 11) is 0. The number of amides is 1. The predicted molar refractivity (Wildman–Crippen MR) is 110 cm³/mol. The van der Waals surface area contributed by atoms with Crippen molar-refractivity contribution < 1.29 is 4.79 Å². The number of aryl methyl sites for hydroxylation is 1. The molecule has 0 atom stereocenters. The van der Waals surface area contributed by atoms with Gasteiger partial charge in [-0.05, 0) is 18.1 Å². The van der Waals surface area contributed by atoms with E-state index < -0.39 is 0 Å². The van der Waals surface area contributed by atoms with Gasteiger partial charge in [0.2, 0.25) is 5.91 Å². The summed E-state index contributed by atoms with van der Waals surface area (Å²) in [5.74, 6) is 0.0117. The largest absolute Gasteiger partial charge is 0.352 e. The summed E-state index contributed by atoms with van der Waals surface area (Å²) in [6.07, 6.45) is 3.13. The Morgan fingerprint density at radius 2 is 1.89 bits per heavy atom. The van der Waals surface area contributed by atoms with Crippen LogP contribution in [0.4, 0.5) is 0 Å². The summed E-state index contributed by atoms with van der Waals surface area (Å²) in [6.45, 7) is 0.445. The van der Waals surface area contributed by atoms with Crippen LogP contribution >= 0.6 is 22.9 Å². The zero-order valence-corrected chi connectivity index (χ0v) is 16.1. The number of carbonyl (C=O) groups is 1. The molecule has 0 unspecified atom stereocenters. The molecule has 6 heteroatoms. The van der Waals surface area contributed by atoms with Crippen molar-refractivity contribution in [2.75, 3.05) is 0 Å². The second-order valence-electron chi connectivity index (χ2n) is 6.24. The molecule has 1 N–H and O–H groups in total. The predicted octanol–water partition coefficient (Wildman–Crippen LogP) is 4.97. The summed E-state index contributed by atoms with van der Waals surface area (Å²) in [4.78, 5) is 17.8. The SMILES string of the molecule is O=C(CCc1csc2nc(-c3ccccc3)cn12)NCc1ccccc1Cl. The van der Waals surface area contributed by atoms with Gasteiger partial charge in [0, 0.05) is 40.8 Å². The first-order chi connectivity index (χ1) is 13.2. The Labute approximate surface area is 166 Å². The van der Waals surface area contributed by atoms with E-state index in [1.54, 1.807) is 11.3 Å². The van der Waals surface area contributed by atoms with Crippen molar-refractivity contribution in [1.29, 1.82) is 0 Å². The van der Waals surface area contributed by atoms with E-state index in [1.807, 2.05) is 60.8 Å². The molecule has 2 heterocycles. The van der Waals surface area contributed by atoms with E-state index >= 15 is 0 Å². The molecule has 0 aliphatic carbocycles. The molecular weight excluding hydrogens is 378 g/mol. The van der Waals surface area contributed by atoms with Gasteiger partial charge in [0.1, 0.15) is 0 Å². The molecule has 0 radical (unpaired) electrons. The Hall–Kier alpha value is -2.63. The Morgan fingerprint density at radius 1 is 1.11 bits per heavy atom. The van der Waals surface area contributed by atoms with Gasteiger partial charge in [0.15, 0.2) is 4.96 Å². The monoisotopic (exact) mass is 395 g/mol. The highest BCUT2D eigenvalue weighted by atomic mass is 35.5. The second-order valence-corrected chi connectivity index (χ2v) is 7.48. The number of nitrogens with zero attached hydrogens (tertiary/aromatic N) is 2. The van der Waals surface area contributed by atoms with Crippen molar-refractivity contribution in [3.63, 3.8) is 0 Å². The molecule has 1 amide bonds. The van der Waals surface area contributed by atoms with Crippen LogP contribution in [0, 0.1) is 0 Å². The van der Waals surface area contributed by atoms with Crippen LogP contribution in [0.15, 0.2) is 66.2 Å². The van der Waals surface area contributed by atoms with Gasteiger partial charge >= 0.3 is 0 Å². The fraction of sp³-hybridized carbons (Fsp3) is 0.143. The van der Waals surface area contributed by atoms with Gasteiger partial charge in [-0.2, -0.15) is 0 Å². The van der Waals surface area contributed by atoms with E-state index in [0.29, 0.717) is 24.4 Å². The smallest absolute Gasteiger partial charge is 0.220 e. The maximum Gasteiger partial charge on any atom is 0.220 e. The molecule has 2 aromatic heterocycles. The zero-order valence-electron chi connectivity index (χ0n) is 14.6. The first-order valence-corrected chi connectivity index (χ1v) is 9.97. The van der Waals surface area contributed by atoms with E-state index in [4.69, 9.17) is 11.6 Å². The molecule has 0 aliphatic heterocycles. The molecule has 0 saturated carbocycles. The number of benzene rings is 2. The Morgan fingerprint density at radius 3 is 2.70 bits per heavy atom. The minimum Gasteiger partial charge on any atom is -0.352 e. The van der Waals surface area contributed by atoms with Gasteiger partial charge in [-0.3, -0.25) is 9.20 Å². The lowest BCUT2D eigenvalue weighted by Gasteiger charge is -2.06. The van der Waals surface area contributed by atoms with Crippen LogP contribution < -0.4 is 5.32 Å². The van der Waals surface area contributed by atoms with E-state index in [0.717, 1.165) is 27.5 Å². The maximum atomic E-state index is 12.2.